The van der Waals surface area contributed by atoms with E-state index in [0.717, 1.165) is 27.5 Å². The number of carbonyl (C=O) groups is 1. The van der Waals surface area contributed by atoms with E-state index in [-0.39, 0.29) is 5.91 Å². The predicted molar refractivity (Wildman–Crippen MR) is 105 cm³/mol. The summed E-state index contributed by atoms with van der Waals surface area (Å²) in [6.45, 7) is 0. The number of furan rings is 1. The summed E-state index contributed by atoms with van der Waals surface area (Å²) in [6, 6.07) is 7.82. The molecule has 0 spiro atoms. The number of imidazole rings is 1. The number of rotatable bonds is 2. The van der Waals surface area contributed by atoms with Crippen LogP contribution in [-0.4, -0.2) is 25.2 Å². The number of nitrogens with one attached hydrogen (secondary N) is 2. The Balaban J connectivity index is 1.63. The van der Waals surface area contributed by atoms with Crippen molar-refractivity contribution in [2.45, 2.75) is 0 Å². The molecule has 1 saturated heterocycles. The number of pyridine rings is 1. The van der Waals surface area contributed by atoms with E-state index < -0.39 is 0 Å². The Hall–Kier alpha value is -2.97. The van der Waals surface area contributed by atoms with Crippen LogP contribution in [0.4, 0.5) is 0 Å². The standard InChI is InChI=1S/C18H10N4O2S2/c23-17-15(26-18(25)22-17)5-11-3-10-6-19-7-12(16(10)24-11)9-1-2-13-14(4-9)21-8-20-13/h1-8H,(H,20,21)(H,22,23,25). The number of nitrogens with zero attached hydrogens (tertiary/aromatic N) is 2. The third kappa shape index (κ3) is 2.51. The normalized spacial score (nSPS) is 16.1. The molecule has 4 heterocycles. The second-order valence-electron chi connectivity index (χ2n) is 5.74. The van der Waals surface area contributed by atoms with Gasteiger partial charge in [0.15, 0.2) is 0 Å². The largest absolute Gasteiger partial charge is 0.456 e. The van der Waals surface area contributed by atoms with Crippen molar-refractivity contribution in [3.8, 4) is 11.1 Å². The van der Waals surface area contributed by atoms with E-state index in [4.69, 9.17) is 16.6 Å². The van der Waals surface area contributed by atoms with Crippen LogP contribution in [0.2, 0.25) is 0 Å². The molecule has 1 fully saturated rings. The average molecular weight is 378 g/mol. The Morgan fingerprint density at radius 2 is 2.15 bits per heavy atom. The minimum absolute atomic E-state index is 0.206. The van der Waals surface area contributed by atoms with Crippen molar-refractivity contribution in [2.24, 2.45) is 0 Å². The van der Waals surface area contributed by atoms with Crippen molar-refractivity contribution < 1.29 is 9.21 Å². The number of fused-ring (bicyclic) bond motifs is 2. The lowest BCUT2D eigenvalue weighted by Gasteiger charge is -2.02. The predicted octanol–water partition coefficient (Wildman–Crippen LogP) is 3.86. The van der Waals surface area contributed by atoms with Crippen molar-refractivity contribution in [1.29, 1.82) is 0 Å². The molecule has 4 aromatic rings. The highest BCUT2D eigenvalue weighted by Crippen LogP contribution is 2.33. The molecule has 0 saturated carbocycles. The highest BCUT2D eigenvalue weighted by Gasteiger charge is 2.23. The van der Waals surface area contributed by atoms with Crippen molar-refractivity contribution in [3.63, 3.8) is 0 Å². The fraction of sp³-hybridized carbons (Fsp3) is 0. The molecule has 2 N–H and O–H groups in total. The summed E-state index contributed by atoms with van der Waals surface area (Å²) in [6.07, 6.45) is 6.87. The fourth-order valence-corrected chi connectivity index (χ4v) is 3.93. The maximum Gasteiger partial charge on any atom is 0.263 e. The molecular formula is C18H10N4O2S2. The Labute approximate surface area is 156 Å². The van der Waals surface area contributed by atoms with Crippen molar-refractivity contribution in [2.75, 3.05) is 0 Å². The van der Waals surface area contributed by atoms with Crippen LogP contribution in [0.1, 0.15) is 5.76 Å². The topological polar surface area (TPSA) is 83.8 Å². The quantitative estimate of drug-likeness (QED) is 0.407. The third-order valence-electron chi connectivity index (χ3n) is 4.09. The molecule has 0 unspecified atom stereocenters. The van der Waals surface area contributed by atoms with Gasteiger partial charge >= 0.3 is 0 Å². The number of aromatic amines is 1. The van der Waals surface area contributed by atoms with Crippen LogP contribution in [0, 0.1) is 0 Å². The summed E-state index contributed by atoms with van der Waals surface area (Å²) in [5.41, 5.74) is 4.40. The Morgan fingerprint density at radius 3 is 3.00 bits per heavy atom. The lowest BCUT2D eigenvalue weighted by molar-refractivity contribution is -0.115. The molecule has 0 bridgehead atoms. The number of carbonyl (C=O) groups excluding carboxylic acids is 1. The van der Waals surface area contributed by atoms with E-state index in [1.54, 1.807) is 24.8 Å². The monoisotopic (exact) mass is 378 g/mol. The highest BCUT2D eigenvalue weighted by atomic mass is 32.2. The molecule has 0 aliphatic carbocycles. The molecule has 8 heteroatoms. The van der Waals surface area contributed by atoms with E-state index >= 15 is 0 Å². The second-order valence-corrected chi connectivity index (χ2v) is 7.46. The molecule has 6 nitrogen and oxygen atoms in total. The number of benzene rings is 1. The maximum absolute atomic E-state index is 11.8. The first kappa shape index (κ1) is 15.3. The summed E-state index contributed by atoms with van der Waals surface area (Å²) in [5, 5.41) is 3.46. The Morgan fingerprint density at radius 1 is 1.23 bits per heavy atom. The molecule has 5 rings (SSSR count). The third-order valence-corrected chi connectivity index (χ3v) is 5.25. The first-order valence-electron chi connectivity index (χ1n) is 7.73. The van der Waals surface area contributed by atoms with E-state index in [1.165, 1.54) is 11.8 Å². The van der Waals surface area contributed by atoms with Gasteiger partial charge in [-0.25, -0.2) is 4.98 Å². The fourth-order valence-electron chi connectivity index (χ4n) is 2.91. The molecule has 1 aliphatic heterocycles. The summed E-state index contributed by atoms with van der Waals surface area (Å²) in [7, 11) is 0. The number of hydrogen-bond donors (Lipinski definition) is 2. The zero-order valence-corrected chi connectivity index (χ0v) is 14.8. The maximum atomic E-state index is 11.8. The number of aromatic nitrogens is 3. The van der Waals surface area contributed by atoms with Gasteiger partial charge in [0.1, 0.15) is 15.7 Å². The van der Waals surface area contributed by atoms with Gasteiger partial charge < -0.3 is 14.7 Å². The first-order valence-corrected chi connectivity index (χ1v) is 8.96. The zero-order valence-electron chi connectivity index (χ0n) is 13.1. The molecule has 1 aliphatic rings. The van der Waals surface area contributed by atoms with Crippen LogP contribution in [0.5, 0.6) is 0 Å². The average Bonchev–Trinajstić information content (AvgIpc) is 3.32. The van der Waals surface area contributed by atoms with Gasteiger partial charge in [0.05, 0.1) is 22.3 Å². The van der Waals surface area contributed by atoms with E-state index in [0.29, 0.717) is 20.6 Å². The van der Waals surface area contributed by atoms with Crippen molar-refractivity contribution in [1.82, 2.24) is 20.3 Å². The molecule has 3 aromatic heterocycles. The van der Waals surface area contributed by atoms with Gasteiger partial charge in [-0.2, -0.15) is 0 Å². The SMILES string of the molecule is O=C1NC(=S)SC1=Cc1cc2cncc(-c3ccc4[nH]cnc4c3)c2o1. The lowest BCUT2D eigenvalue weighted by Crippen LogP contribution is -2.17. The van der Waals surface area contributed by atoms with E-state index in [2.05, 4.69) is 20.3 Å². The minimum atomic E-state index is -0.206. The van der Waals surface area contributed by atoms with Gasteiger partial charge in [0, 0.05) is 29.4 Å². The molecule has 0 atom stereocenters. The highest BCUT2D eigenvalue weighted by molar-refractivity contribution is 8.26. The number of H-pyrrole nitrogens is 1. The second kappa shape index (κ2) is 5.79. The van der Waals surface area contributed by atoms with Gasteiger partial charge in [-0.1, -0.05) is 30.0 Å². The van der Waals surface area contributed by atoms with Gasteiger partial charge in [0.25, 0.3) is 5.91 Å². The van der Waals surface area contributed by atoms with Crippen LogP contribution >= 0.6 is 24.0 Å². The molecular weight excluding hydrogens is 368 g/mol. The Kier molecular flexibility index (Phi) is 3.41. The zero-order chi connectivity index (χ0) is 17.7. The van der Waals surface area contributed by atoms with Crippen LogP contribution in [0.15, 0.2) is 52.3 Å². The van der Waals surface area contributed by atoms with Crippen molar-refractivity contribution in [3.05, 3.63) is 53.7 Å². The van der Waals surface area contributed by atoms with Gasteiger partial charge in [-0.15, -0.1) is 0 Å². The van der Waals surface area contributed by atoms with Gasteiger partial charge in [-0.05, 0) is 23.8 Å². The number of hydrogen-bond acceptors (Lipinski definition) is 6. The van der Waals surface area contributed by atoms with Crippen LogP contribution in [0.25, 0.3) is 39.2 Å². The molecule has 0 radical (unpaired) electrons. The number of amides is 1. The van der Waals surface area contributed by atoms with Crippen LogP contribution in [-0.2, 0) is 4.79 Å². The number of thiocarbonyl (C=S) groups is 1. The van der Waals surface area contributed by atoms with Crippen LogP contribution in [0.3, 0.4) is 0 Å². The first-order chi connectivity index (χ1) is 12.7. The Bertz CT molecular complexity index is 1240. The molecule has 26 heavy (non-hydrogen) atoms. The summed E-state index contributed by atoms with van der Waals surface area (Å²) in [5.74, 6) is 0.375. The molecule has 1 amide bonds. The smallest absolute Gasteiger partial charge is 0.263 e. The number of thioether (sulfide) groups is 1. The minimum Gasteiger partial charge on any atom is -0.456 e. The summed E-state index contributed by atoms with van der Waals surface area (Å²) < 4.78 is 6.46. The summed E-state index contributed by atoms with van der Waals surface area (Å²) >= 11 is 6.24. The van der Waals surface area contributed by atoms with Gasteiger partial charge in [0.2, 0.25) is 0 Å². The molecule has 126 valence electrons. The van der Waals surface area contributed by atoms with E-state index in [9.17, 15) is 4.79 Å². The van der Waals surface area contributed by atoms with Gasteiger partial charge in [-0.3, -0.25) is 9.78 Å². The van der Waals surface area contributed by atoms with Crippen LogP contribution < -0.4 is 5.32 Å². The lowest BCUT2D eigenvalue weighted by atomic mass is 10.1. The van der Waals surface area contributed by atoms with E-state index in [1.807, 2.05) is 24.3 Å². The summed E-state index contributed by atoms with van der Waals surface area (Å²) in [4.78, 5) is 24.0. The van der Waals surface area contributed by atoms with Crippen molar-refractivity contribution >= 4 is 62.3 Å². The molecule has 1 aromatic carbocycles.